The van der Waals surface area contributed by atoms with Crippen LogP contribution >= 0.6 is 7.82 Å². The van der Waals surface area contributed by atoms with E-state index in [1.165, 1.54) is 128 Å². The number of esters is 2. The summed E-state index contributed by atoms with van der Waals surface area (Å²) in [7, 11) is -2.61. The Morgan fingerprint density at radius 2 is 1.00 bits per heavy atom. The number of nitrogens with zero attached hydrogens (tertiary/aromatic N) is 1. The Morgan fingerprint density at radius 3 is 1.43 bits per heavy atom. The van der Waals surface area contributed by atoms with Crippen molar-refractivity contribution in [1.29, 1.82) is 0 Å². The Kier molecular flexibility index (Phi) is 32.3. The molecule has 1 heterocycles. The molecular formula is C42H82NO9P. The van der Waals surface area contributed by atoms with Gasteiger partial charge in [0.2, 0.25) is 0 Å². The van der Waals surface area contributed by atoms with Crippen LogP contribution in [0.5, 0.6) is 0 Å². The second-order valence-electron chi connectivity index (χ2n) is 15.8. The molecule has 0 aromatic rings. The normalized spacial score (nSPS) is 15.9. The molecule has 2 unspecified atom stereocenters. The van der Waals surface area contributed by atoms with E-state index in [0.717, 1.165) is 45.2 Å². The maximum Gasteiger partial charge on any atom is 0.306 e. The van der Waals surface area contributed by atoms with Crippen LogP contribution in [0.1, 0.15) is 194 Å². The Bertz CT molecular complexity index is 915. The maximum atomic E-state index is 12.7. The van der Waals surface area contributed by atoms with Crippen molar-refractivity contribution in [2.24, 2.45) is 0 Å². The van der Waals surface area contributed by atoms with E-state index >= 15 is 0 Å². The molecule has 53 heavy (non-hydrogen) atoms. The number of carbonyl (C=O) groups excluding carboxylic acids is 2. The summed E-state index contributed by atoms with van der Waals surface area (Å²) in [6.45, 7) is 7.11. The maximum absolute atomic E-state index is 12.7. The van der Waals surface area contributed by atoms with Gasteiger partial charge in [-0.15, -0.1) is 0 Å². The molecule has 0 radical (unpaired) electrons. The monoisotopic (exact) mass is 776 g/mol. The molecule has 1 aliphatic heterocycles. The minimum Gasteiger partial charge on any atom is -0.756 e. The summed E-state index contributed by atoms with van der Waals surface area (Å²) >= 11 is 0. The Hall–Kier alpha value is -1.03. The van der Waals surface area contributed by atoms with Crippen LogP contribution in [0.3, 0.4) is 0 Å². The fraction of sp³-hybridized carbons (Fsp3) is 0.952. The SMILES string of the molecule is CCCCCCCCCCCCCCCC(=O)OCC(COP(=O)([O-])OCC[N+]1(C)CCOCC1)OC(=O)CCCCCCCCCCCCCCC. The van der Waals surface area contributed by atoms with Gasteiger partial charge in [-0.25, -0.2) is 0 Å². The first-order chi connectivity index (χ1) is 25.7. The van der Waals surface area contributed by atoms with Crippen molar-refractivity contribution in [3.63, 3.8) is 0 Å². The number of hydrogen-bond donors (Lipinski definition) is 0. The fourth-order valence-electron chi connectivity index (χ4n) is 6.79. The topological polar surface area (TPSA) is 120 Å². The summed E-state index contributed by atoms with van der Waals surface area (Å²) in [6, 6.07) is 0. The number of ether oxygens (including phenoxy) is 3. The Labute approximate surface area is 325 Å². The third-order valence-corrected chi connectivity index (χ3v) is 11.5. The predicted octanol–water partition coefficient (Wildman–Crippen LogP) is 10.4. The lowest BCUT2D eigenvalue weighted by Crippen LogP contribution is -2.53. The average molecular weight is 776 g/mol. The molecule has 2 atom stereocenters. The van der Waals surface area contributed by atoms with Crippen molar-refractivity contribution in [3.8, 4) is 0 Å². The molecule has 0 saturated carbocycles. The third kappa shape index (κ3) is 31.8. The minimum absolute atomic E-state index is 0.0190. The zero-order chi connectivity index (χ0) is 38.7. The van der Waals surface area contributed by atoms with E-state index in [0.29, 0.717) is 30.7 Å². The first kappa shape index (κ1) is 50.0. The van der Waals surface area contributed by atoms with Crippen molar-refractivity contribution in [2.75, 3.05) is 59.7 Å². The molecule has 1 aliphatic rings. The molecule has 0 aromatic heterocycles. The molecule has 1 saturated heterocycles. The van der Waals surface area contributed by atoms with E-state index in [1.807, 2.05) is 7.05 Å². The highest BCUT2D eigenvalue weighted by atomic mass is 31.2. The van der Waals surface area contributed by atoms with Crippen molar-refractivity contribution in [2.45, 2.75) is 200 Å². The summed E-state index contributed by atoms with van der Waals surface area (Å²) in [6.07, 6.45) is 31.1. The number of rotatable bonds is 38. The van der Waals surface area contributed by atoms with Crippen LogP contribution in [0.15, 0.2) is 0 Å². The average Bonchev–Trinajstić information content (AvgIpc) is 3.13. The van der Waals surface area contributed by atoms with Crippen LogP contribution in [0.4, 0.5) is 0 Å². The van der Waals surface area contributed by atoms with Gasteiger partial charge >= 0.3 is 11.9 Å². The highest BCUT2D eigenvalue weighted by Gasteiger charge is 2.26. The minimum atomic E-state index is -4.65. The number of unbranched alkanes of at least 4 members (excludes halogenated alkanes) is 24. The highest BCUT2D eigenvalue weighted by molar-refractivity contribution is 7.45. The van der Waals surface area contributed by atoms with Gasteiger partial charge in [-0.2, -0.15) is 0 Å². The molecule has 1 fully saturated rings. The van der Waals surface area contributed by atoms with Gasteiger partial charge in [-0.3, -0.25) is 14.2 Å². The molecule has 0 amide bonds. The van der Waals surface area contributed by atoms with E-state index in [2.05, 4.69) is 13.8 Å². The molecule has 11 heteroatoms. The molecular weight excluding hydrogens is 693 g/mol. The van der Waals surface area contributed by atoms with E-state index in [1.54, 1.807) is 0 Å². The van der Waals surface area contributed by atoms with Gasteiger partial charge in [0, 0.05) is 12.8 Å². The van der Waals surface area contributed by atoms with E-state index < -0.39 is 26.5 Å². The summed E-state index contributed by atoms with van der Waals surface area (Å²) in [5, 5.41) is 0. The molecule has 0 aromatic carbocycles. The predicted molar refractivity (Wildman–Crippen MR) is 213 cm³/mol. The first-order valence-electron chi connectivity index (χ1n) is 22.1. The van der Waals surface area contributed by atoms with Gasteiger partial charge in [-0.05, 0) is 12.8 Å². The Morgan fingerprint density at radius 1 is 0.604 bits per heavy atom. The van der Waals surface area contributed by atoms with Crippen LogP contribution in [0, 0.1) is 0 Å². The van der Waals surface area contributed by atoms with Gasteiger partial charge in [0.25, 0.3) is 7.82 Å². The summed E-state index contributed by atoms with van der Waals surface area (Å²) in [5.41, 5.74) is 0. The van der Waals surface area contributed by atoms with Crippen LogP contribution in [-0.2, 0) is 37.4 Å². The van der Waals surface area contributed by atoms with E-state index in [-0.39, 0.29) is 32.0 Å². The van der Waals surface area contributed by atoms with Crippen LogP contribution in [-0.4, -0.2) is 82.2 Å². The molecule has 1 rings (SSSR count). The van der Waals surface area contributed by atoms with Gasteiger partial charge in [0.1, 0.15) is 32.8 Å². The number of phosphoric ester groups is 1. The highest BCUT2D eigenvalue weighted by Crippen LogP contribution is 2.38. The lowest BCUT2D eigenvalue weighted by atomic mass is 10.0. The zero-order valence-electron chi connectivity index (χ0n) is 34.6. The molecule has 0 aliphatic carbocycles. The second kappa shape index (κ2) is 34.2. The smallest absolute Gasteiger partial charge is 0.306 e. The molecule has 0 bridgehead atoms. The second-order valence-corrected chi connectivity index (χ2v) is 17.2. The standard InChI is InChI=1S/C42H82NO9P/c1-4-6-8-10-12-14-16-18-20-22-24-26-28-30-41(44)49-38-40(39-51-53(46,47)50-37-34-43(3)32-35-48-36-33-43)52-42(45)31-29-27-25-23-21-19-17-15-13-11-9-7-5-2/h40H,4-39H2,1-3H3. The van der Waals surface area contributed by atoms with Gasteiger partial charge in [0.05, 0.1) is 26.9 Å². The molecule has 10 nitrogen and oxygen atoms in total. The summed E-state index contributed by atoms with van der Waals surface area (Å²) < 4.78 is 39.9. The number of phosphoric acid groups is 1. The summed E-state index contributed by atoms with van der Waals surface area (Å²) in [4.78, 5) is 37.8. The van der Waals surface area contributed by atoms with Gasteiger partial charge in [-0.1, -0.05) is 168 Å². The van der Waals surface area contributed by atoms with Crippen LogP contribution in [0.25, 0.3) is 0 Å². The van der Waals surface area contributed by atoms with E-state index in [4.69, 9.17) is 23.3 Å². The Balaban J connectivity index is 2.34. The van der Waals surface area contributed by atoms with E-state index in [9.17, 15) is 19.0 Å². The number of likely N-dealkylation sites (N-methyl/N-ethyl adjacent to an activating group) is 1. The summed E-state index contributed by atoms with van der Waals surface area (Å²) in [5.74, 6) is -0.824. The number of quaternary nitrogens is 1. The third-order valence-electron chi connectivity index (χ3n) is 10.5. The lowest BCUT2D eigenvalue weighted by Gasteiger charge is -2.38. The first-order valence-corrected chi connectivity index (χ1v) is 23.5. The number of hydrogen-bond acceptors (Lipinski definition) is 9. The fourth-order valence-corrected chi connectivity index (χ4v) is 7.51. The van der Waals surface area contributed by atoms with Gasteiger partial charge in [0.15, 0.2) is 6.10 Å². The number of carbonyl (C=O) groups is 2. The lowest BCUT2D eigenvalue weighted by molar-refractivity contribution is -0.916. The zero-order valence-corrected chi connectivity index (χ0v) is 35.5. The molecule has 314 valence electrons. The van der Waals surface area contributed by atoms with Gasteiger partial charge < -0.3 is 32.6 Å². The van der Waals surface area contributed by atoms with Crippen molar-refractivity contribution >= 4 is 19.8 Å². The quantitative estimate of drug-likeness (QED) is 0.0261. The van der Waals surface area contributed by atoms with Crippen molar-refractivity contribution < 1.29 is 46.8 Å². The van der Waals surface area contributed by atoms with Crippen molar-refractivity contribution in [3.05, 3.63) is 0 Å². The van der Waals surface area contributed by atoms with Crippen molar-refractivity contribution in [1.82, 2.24) is 0 Å². The molecule has 0 spiro atoms. The molecule has 0 N–H and O–H groups in total. The van der Waals surface area contributed by atoms with Crippen LogP contribution in [0.2, 0.25) is 0 Å². The van der Waals surface area contributed by atoms with Crippen LogP contribution < -0.4 is 4.89 Å². The number of morpholine rings is 1. The largest absolute Gasteiger partial charge is 0.756 e.